The SMILES string of the molecule is CCC1(C)CN(c2nn3cc(-c4ccc(F)cc4)nc3s2)CCO1. The Morgan fingerprint density at radius 2 is 2.12 bits per heavy atom. The van der Waals surface area contributed by atoms with Crippen LogP contribution in [0.25, 0.3) is 16.2 Å². The summed E-state index contributed by atoms with van der Waals surface area (Å²) >= 11 is 1.57. The summed E-state index contributed by atoms with van der Waals surface area (Å²) in [5.41, 5.74) is 1.58. The highest BCUT2D eigenvalue weighted by atomic mass is 32.1. The topological polar surface area (TPSA) is 42.7 Å². The molecule has 0 radical (unpaired) electrons. The minimum absolute atomic E-state index is 0.120. The lowest BCUT2D eigenvalue weighted by molar-refractivity contribution is -0.0441. The van der Waals surface area contributed by atoms with Crippen LogP contribution in [-0.4, -0.2) is 39.9 Å². The molecule has 3 heterocycles. The van der Waals surface area contributed by atoms with E-state index >= 15 is 0 Å². The van der Waals surface area contributed by atoms with Crippen molar-refractivity contribution in [1.82, 2.24) is 14.6 Å². The first-order chi connectivity index (χ1) is 11.6. The number of benzene rings is 1. The smallest absolute Gasteiger partial charge is 0.214 e. The lowest BCUT2D eigenvalue weighted by Crippen LogP contribution is -2.49. The largest absolute Gasteiger partial charge is 0.372 e. The van der Waals surface area contributed by atoms with Gasteiger partial charge in [0.25, 0.3) is 0 Å². The zero-order chi connectivity index (χ0) is 16.7. The van der Waals surface area contributed by atoms with Gasteiger partial charge in [-0.3, -0.25) is 0 Å². The van der Waals surface area contributed by atoms with Crippen LogP contribution in [0, 0.1) is 5.82 Å². The fourth-order valence-corrected chi connectivity index (χ4v) is 3.79. The number of rotatable bonds is 3. The lowest BCUT2D eigenvalue weighted by atomic mass is 10.0. The van der Waals surface area contributed by atoms with Crippen LogP contribution in [0.5, 0.6) is 0 Å². The number of hydrogen-bond donors (Lipinski definition) is 0. The second kappa shape index (κ2) is 5.82. The molecule has 1 aliphatic rings. The van der Waals surface area contributed by atoms with E-state index < -0.39 is 0 Å². The van der Waals surface area contributed by atoms with Gasteiger partial charge in [-0.25, -0.2) is 13.9 Å². The number of nitrogens with zero attached hydrogens (tertiary/aromatic N) is 4. The van der Waals surface area contributed by atoms with Gasteiger partial charge in [-0.05, 0) is 37.6 Å². The van der Waals surface area contributed by atoms with Crippen molar-refractivity contribution in [2.24, 2.45) is 0 Å². The van der Waals surface area contributed by atoms with E-state index in [1.165, 1.54) is 12.1 Å². The fourth-order valence-electron chi connectivity index (χ4n) is 2.88. The molecule has 126 valence electrons. The van der Waals surface area contributed by atoms with Gasteiger partial charge in [0, 0.05) is 18.7 Å². The molecule has 7 heteroatoms. The van der Waals surface area contributed by atoms with Gasteiger partial charge in [0.2, 0.25) is 10.1 Å². The second-order valence-corrected chi connectivity index (χ2v) is 7.25. The van der Waals surface area contributed by atoms with Gasteiger partial charge >= 0.3 is 0 Å². The number of aromatic nitrogens is 3. The van der Waals surface area contributed by atoms with Crippen molar-refractivity contribution in [2.45, 2.75) is 25.9 Å². The molecule has 2 aromatic heterocycles. The first-order valence-electron chi connectivity index (χ1n) is 8.07. The second-order valence-electron chi connectivity index (χ2n) is 6.32. The predicted molar refractivity (Wildman–Crippen MR) is 93.1 cm³/mol. The standard InChI is InChI=1S/C17H19FN4OS/c1-3-17(2)11-21(8-9-23-17)16-20-22-10-14(19-15(22)24-16)12-4-6-13(18)7-5-12/h4-7,10H,3,8-9,11H2,1-2H3. The van der Waals surface area contributed by atoms with Crippen LogP contribution < -0.4 is 4.90 Å². The summed E-state index contributed by atoms with van der Waals surface area (Å²) in [5, 5.41) is 5.63. The molecule has 0 saturated carbocycles. The summed E-state index contributed by atoms with van der Waals surface area (Å²) in [6.07, 6.45) is 2.86. The fraction of sp³-hybridized carbons (Fsp3) is 0.412. The number of halogens is 1. The van der Waals surface area contributed by atoms with Gasteiger partial charge in [0.05, 0.1) is 24.1 Å². The highest BCUT2D eigenvalue weighted by Gasteiger charge is 2.31. The number of hydrogen-bond acceptors (Lipinski definition) is 5. The van der Waals surface area contributed by atoms with Gasteiger partial charge in [0.1, 0.15) is 5.82 Å². The van der Waals surface area contributed by atoms with Crippen molar-refractivity contribution in [3.8, 4) is 11.3 Å². The Balaban J connectivity index is 1.61. The molecule has 1 atom stereocenters. The monoisotopic (exact) mass is 346 g/mol. The molecule has 0 aliphatic carbocycles. The predicted octanol–water partition coefficient (Wildman–Crippen LogP) is 3.60. The summed E-state index contributed by atoms with van der Waals surface area (Å²) < 4.78 is 20.7. The molecule has 0 bridgehead atoms. The van der Waals surface area contributed by atoms with E-state index in [-0.39, 0.29) is 11.4 Å². The quantitative estimate of drug-likeness (QED) is 0.727. The summed E-state index contributed by atoms with van der Waals surface area (Å²) in [6, 6.07) is 6.36. The normalized spacial score (nSPS) is 21.5. The molecule has 3 aromatic rings. The number of fused-ring (bicyclic) bond motifs is 1. The third-order valence-corrected chi connectivity index (χ3v) is 5.51. The van der Waals surface area contributed by atoms with Crippen molar-refractivity contribution in [3.63, 3.8) is 0 Å². The summed E-state index contributed by atoms with van der Waals surface area (Å²) in [6.45, 7) is 6.69. The van der Waals surface area contributed by atoms with Crippen LogP contribution >= 0.6 is 11.3 Å². The van der Waals surface area contributed by atoms with E-state index in [2.05, 4.69) is 28.8 Å². The molecule has 1 fully saturated rings. The van der Waals surface area contributed by atoms with Crippen LogP contribution in [0.15, 0.2) is 30.5 Å². The van der Waals surface area contributed by atoms with Crippen LogP contribution in [0.2, 0.25) is 0 Å². The summed E-state index contributed by atoms with van der Waals surface area (Å²) in [4.78, 5) is 7.73. The Kier molecular flexibility index (Phi) is 3.77. The van der Waals surface area contributed by atoms with Crippen LogP contribution in [0.1, 0.15) is 20.3 Å². The Morgan fingerprint density at radius 1 is 1.33 bits per heavy atom. The number of anilines is 1. The van der Waals surface area contributed by atoms with Gasteiger partial charge in [-0.2, -0.15) is 0 Å². The van der Waals surface area contributed by atoms with E-state index in [1.54, 1.807) is 28.0 Å². The number of morpholine rings is 1. The first-order valence-corrected chi connectivity index (χ1v) is 8.89. The molecule has 0 N–H and O–H groups in total. The molecule has 1 aromatic carbocycles. The van der Waals surface area contributed by atoms with E-state index in [1.807, 2.05) is 6.20 Å². The molecule has 4 rings (SSSR count). The highest BCUT2D eigenvalue weighted by molar-refractivity contribution is 7.20. The van der Waals surface area contributed by atoms with Crippen LogP contribution in [0.3, 0.4) is 0 Å². The summed E-state index contributed by atoms with van der Waals surface area (Å²) in [5.74, 6) is -0.244. The van der Waals surface area contributed by atoms with Crippen LogP contribution in [0.4, 0.5) is 9.52 Å². The maximum absolute atomic E-state index is 13.0. The van der Waals surface area contributed by atoms with E-state index in [4.69, 9.17) is 4.74 Å². The maximum atomic E-state index is 13.0. The molecule has 1 saturated heterocycles. The zero-order valence-electron chi connectivity index (χ0n) is 13.7. The van der Waals surface area contributed by atoms with Gasteiger partial charge in [-0.15, -0.1) is 5.10 Å². The minimum Gasteiger partial charge on any atom is -0.372 e. The van der Waals surface area contributed by atoms with E-state index in [0.717, 1.165) is 40.9 Å². The van der Waals surface area contributed by atoms with Crippen molar-refractivity contribution in [1.29, 1.82) is 0 Å². The molecular weight excluding hydrogens is 327 g/mol. The van der Waals surface area contributed by atoms with Gasteiger partial charge < -0.3 is 9.64 Å². The maximum Gasteiger partial charge on any atom is 0.214 e. The van der Waals surface area contributed by atoms with Crippen molar-refractivity contribution in [2.75, 3.05) is 24.6 Å². The average Bonchev–Trinajstić information content (AvgIpc) is 3.14. The molecule has 24 heavy (non-hydrogen) atoms. The van der Waals surface area contributed by atoms with E-state index in [0.29, 0.717) is 6.61 Å². The Labute approximate surface area is 143 Å². The molecule has 0 spiro atoms. The van der Waals surface area contributed by atoms with Crippen molar-refractivity contribution >= 4 is 21.4 Å². The number of imidazole rings is 1. The molecular formula is C17H19FN4OS. The highest BCUT2D eigenvalue weighted by Crippen LogP contribution is 2.30. The Bertz CT molecular complexity index is 828. The molecule has 0 amide bonds. The first kappa shape index (κ1) is 15.5. The third-order valence-electron chi connectivity index (χ3n) is 4.53. The van der Waals surface area contributed by atoms with Crippen molar-refractivity contribution < 1.29 is 9.13 Å². The average molecular weight is 346 g/mol. The van der Waals surface area contributed by atoms with Gasteiger partial charge in [0.15, 0.2) is 0 Å². The number of ether oxygens (including phenoxy) is 1. The Morgan fingerprint density at radius 3 is 2.83 bits per heavy atom. The molecule has 5 nitrogen and oxygen atoms in total. The Hall–Kier alpha value is -1.99. The van der Waals surface area contributed by atoms with Gasteiger partial charge in [-0.1, -0.05) is 18.3 Å². The summed E-state index contributed by atoms with van der Waals surface area (Å²) in [7, 11) is 0. The zero-order valence-corrected chi connectivity index (χ0v) is 14.5. The molecule has 1 unspecified atom stereocenters. The molecule has 1 aliphatic heterocycles. The lowest BCUT2D eigenvalue weighted by Gasteiger charge is -2.39. The minimum atomic E-state index is -0.244. The third kappa shape index (κ3) is 2.78. The van der Waals surface area contributed by atoms with Crippen LogP contribution in [-0.2, 0) is 4.74 Å². The van der Waals surface area contributed by atoms with Crippen molar-refractivity contribution in [3.05, 3.63) is 36.3 Å². The van der Waals surface area contributed by atoms with E-state index in [9.17, 15) is 4.39 Å².